The van der Waals surface area contributed by atoms with Crippen LogP contribution < -0.4 is 5.32 Å². The van der Waals surface area contributed by atoms with E-state index in [0.29, 0.717) is 11.5 Å². The number of aromatic amines is 1. The fraction of sp³-hybridized carbons (Fsp3) is 0.462. The molecule has 0 atom stereocenters. The third kappa shape index (κ3) is 2.08. The molecule has 1 fully saturated rings. The molecule has 1 aliphatic rings. The highest BCUT2D eigenvalue weighted by Gasteiger charge is 2.22. The number of carbonyl (C=O) groups excluding carboxylic acids is 1. The summed E-state index contributed by atoms with van der Waals surface area (Å²) in [6, 6.07) is 3.75. The molecule has 0 aromatic carbocycles. The highest BCUT2D eigenvalue weighted by Crippen LogP contribution is 2.26. The first kappa shape index (κ1) is 11.2. The van der Waals surface area contributed by atoms with Crippen LogP contribution in [0.4, 0.5) is 5.82 Å². The second kappa shape index (κ2) is 4.76. The van der Waals surface area contributed by atoms with E-state index >= 15 is 0 Å². The second-order valence-electron chi connectivity index (χ2n) is 4.80. The number of hydrogen-bond donors (Lipinski definition) is 2. The van der Waals surface area contributed by atoms with E-state index in [4.69, 9.17) is 0 Å². The summed E-state index contributed by atoms with van der Waals surface area (Å²) in [4.78, 5) is 16.3. The average Bonchev–Trinajstić information content (AvgIpc) is 2.83. The zero-order valence-corrected chi connectivity index (χ0v) is 10.1. The number of nitrogens with one attached hydrogen (secondary N) is 2. The number of anilines is 1. The number of aromatic nitrogens is 3. The summed E-state index contributed by atoms with van der Waals surface area (Å²) >= 11 is 0. The number of carbonyl (C=O) groups is 1. The SMILES string of the molecule is O=C(Nc1[nH]nc2ncccc12)C1CCCCC1. The van der Waals surface area contributed by atoms with Gasteiger partial charge in [-0.25, -0.2) is 4.98 Å². The molecule has 2 N–H and O–H groups in total. The first-order valence-corrected chi connectivity index (χ1v) is 6.44. The van der Waals surface area contributed by atoms with Crippen molar-refractivity contribution in [1.82, 2.24) is 15.2 Å². The number of amides is 1. The van der Waals surface area contributed by atoms with E-state index in [1.165, 1.54) is 6.42 Å². The summed E-state index contributed by atoms with van der Waals surface area (Å²) in [6.07, 6.45) is 7.25. The summed E-state index contributed by atoms with van der Waals surface area (Å²) < 4.78 is 0. The summed E-state index contributed by atoms with van der Waals surface area (Å²) in [7, 11) is 0. The molecule has 2 aromatic heterocycles. The Hall–Kier alpha value is -1.91. The van der Waals surface area contributed by atoms with Crippen LogP contribution in [0.1, 0.15) is 32.1 Å². The van der Waals surface area contributed by atoms with Crippen LogP contribution in [0.2, 0.25) is 0 Å². The Kier molecular flexibility index (Phi) is 2.96. The average molecular weight is 244 g/mol. The van der Waals surface area contributed by atoms with Crippen LogP contribution in [0, 0.1) is 5.92 Å². The molecule has 5 heteroatoms. The van der Waals surface area contributed by atoms with Gasteiger partial charge in [-0.3, -0.25) is 9.89 Å². The van der Waals surface area contributed by atoms with Gasteiger partial charge in [0.25, 0.3) is 0 Å². The van der Waals surface area contributed by atoms with Crippen molar-refractivity contribution >= 4 is 22.8 Å². The van der Waals surface area contributed by atoms with Crippen molar-refractivity contribution in [2.75, 3.05) is 5.32 Å². The molecule has 0 bridgehead atoms. The minimum absolute atomic E-state index is 0.101. The first-order chi connectivity index (χ1) is 8.84. The Labute approximate surface area is 105 Å². The quantitative estimate of drug-likeness (QED) is 0.852. The maximum Gasteiger partial charge on any atom is 0.228 e. The number of fused-ring (bicyclic) bond motifs is 1. The minimum Gasteiger partial charge on any atom is -0.310 e. The van der Waals surface area contributed by atoms with Crippen LogP contribution in [0.15, 0.2) is 18.3 Å². The number of nitrogens with zero attached hydrogens (tertiary/aromatic N) is 2. The summed E-state index contributed by atoms with van der Waals surface area (Å²) in [5.74, 6) is 0.909. The fourth-order valence-corrected chi connectivity index (χ4v) is 2.54. The van der Waals surface area contributed by atoms with Crippen molar-refractivity contribution in [2.45, 2.75) is 32.1 Å². The maximum absolute atomic E-state index is 12.1. The van der Waals surface area contributed by atoms with E-state index in [2.05, 4.69) is 20.5 Å². The van der Waals surface area contributed by atoms with Gasteiger partial charge < -0.3 is 5.32 Å². The lowest BCUT2D eigenvalue weighted by Gasteiger charge is -2.20. The summed E-state index contributed by atoms with van der Waals surface area (Å²) in [5.41, 5.74) is 0.636. The number of hydrogen-bond acceptors (Lipinski definition) is 3. The number of pyridine rings is 1. The van der Waals surface area contributed by atoms with E-state index in [0.717, 1.165) is 31.1 Å². The molecule has 0 spiro atoms. The Balaban J connectivity index is 1.77. The van der Waals surface area contributed by atoms with E-state index in [-0.39, 0.29) is 11.8 Å². The standard InChI is InChI=1S/C13H16N4O/c18-13(9-5-2-1-3-6-9)15-12-10-7-4-8-14-11(10)16-17-12/h4,7-9H,1-3,5-6H2,(H2,14,15,16,17,18). The highest BCUT2D eigenvalue weighted by molar-refractivity contribution is 5.99. The van der Waals surface area contributed by atoms with Crippen molar-refractivity contribution in [3.8, 4) is 0 Å². The van der Waals surface area contributed by atoms with Gasteiger partial charge in [-0.05, 0) is 25.0 Å². The van der Waals surface area contributed by atoms with Gasteiger partial charge in [0.05, 0.1) is 5.39 Å². The van der Waals surface area contributed by atoms with E-state index in [1.54, 1.807) is 6.20 Å². The molecule has 2 aromatic rings. The van der Waals surface area contributed by atoms with Gasteiger partial charge in [0.2, 0.25) is 5.91 Å². The number of H-pyrrole nitrogens is 1. The predicted molar refractivity (Wildman–Crippen MR) is 69.1 cm³/mol. The first-order valence-electron chi connectivity index (χ1n) is 6.44. The van der Waals surface area contributed by atoms with Crippen molar-refractivity contribution in [3.63, 3.8) is 0 Å². The Morgan fingerprint density at radius 1 is 1.33 bits per heavy atom. The zero-order valence-electron chi connectivity index (χ0n) is 10.1. The molecule has 0 aliphatic heterocycles. The smallest absolute Gasteiger partial charge is 0.228 e. The third-order valence-corrected chi connectivity index (χ3v) is 3.55. The van der Waals surface area contributed by atoms with Crippen LogP contribution in [0.5, 0.6) is 0 Å². The van der Waals surface area contributed by atoms with Crippen LogP contribution in [-0.2, 0) is 4.79 Å². The lowest BCUT2D eigenvalue weighted by Crippen LogP contribution is -2.24. The topological polar surface area (TPSA) is 70.7 Å². The fourth-order valence-electron chi connectivity index (χ4n) is 2.54. The molecule has 3 rings (SSSR count). The lowest BCUT2D eigenvalue weighted by molar-refractivity contribution is -0.120. The van der Waals surface area contributed by atoms with Crippen LogP contribution in [0.25, 0.3) is 11.0 Å². The molecule has 2 heterocycles. The zero-order chi connectivity index (χ0) is 12.4. The monoisotopic (exact) mass is 244 g/mol. The Morgan fingerprint density at radius 3 is 3.00 bits per heavy atom. The molecular weight excluding hydrogens is 228 g/mol. The Bertz CT molecular complexity index is 557. The molecule has 0 saturated heterocycles. The highest BCUT2D eigenvalue weighted by atomic mass is 16.1. The Morgan fingerprint density at radius 2 is 2.17 bits per heavy atom. The molecular formula is C13H16N4O. The van der Waals surface area contributed by atoms with Crippen molar-refractivity contribution in [3.05, 3.63) is 18.3 Å². The molecule has 94 valence electrons. The van der Waals surface area contributed by atoms with Crippen molar-refractivity contribution in [2.24, 2.45) is 5.92 Å². The molecule has 1 amide bonds. The summed E-state index contributed by atoms with van der Waals surface area (Å²) in [6.45, 7) is 0. The van der Waals surface area contributed by atoms with Gasteiger partial charge >= 0.3 is 0 Å². The van der Waals surface area contributed by atoms with Gasteiger partial charge in [0.15, 0.2) is 5.65 Å². The second-order valence-corrected chi connectivity index (χ2v) is 4.80. The number of rotatable bonds is 2. The van der Waals surface area contributed by atoms with E-state index in [1.807, 2.05) is 12.1 Å². The van der Waals surface area contributed by atoms with Crippen LogP contribution in [-0.4, -0.2) is 21.1 Å². The molecule has 0 unspecified atom stereocenters. The predicted octanol–water partition coefficient (Wildman–Crippen LogP) is 2.48. The lowest BCUT2D eigenvalue weighted by atomic mass is 9.89. The van der Waals surface area contributed by atoms with E-state index < -0.39 is 0 Å². The third-order valence-electron chi connectivity index (χ3n) is 3.55. The van der Waals surface area contributed by atoms with Gasteiger partial charge in [-0.2, -0.15) is 5.10 Å². The van der Waals surface area contributed by atoms with Gasteiger partial charge in [0.1, 0.15) is 5.82 Å². The molecule has 1 saturated carbocycles. The van der Waals surface area contributed by atoms with E-state index in [9.17, 15) is 4.79 Å². The summed E-state index contributed by atoms with van der Waals surface area (Å²) in [5, 5.41) is 10.7. The molecule has 1 aliphatic carbocycles. The minimum atomic E-state index is 0.101. The molecule has 5 nitrogen and oxygen atoms in total. The van der Waals surface area contributed by atoms with Crippen molar-refractivity contribution < 1.29 is 4.79 Å². The maximum atomic E-state index is 12.1. The normalized spacial score (nSPS) is 16.9. The van der Waals surface area contributed by atoms with Gasteiger partial charge in [-0.15, -0.1) is 0 Å². The van der Waals surface area contributed by atoms with Crippen LogP contribution >= 0.6 is 0 Å². The van der Waals surface area contributed by atoms with Gasteiger partial charge in [0, 0.05) is 12.1 Å². The largest absolute Gasteiger partial charge is 0.310 e. The molecule has 0 radical (unpaired) electrons. The van der Waals surface area contributed by atoms with Crippen molar-refractivity contribution in [1.29, 1.82) is 0 Å². The van der Waals surface area contributed by atoms with Crippen LogP contribution in [0.3, 0.4) is 0 Å². The molecule has 18 heavy (non-hydrogen) atoms. The van der Waals surface area contributed by atoms with Gasteiger partial charge in [-0.1, -0.05) is 19.3 Å².